The van der Waals surface area contributed by atoms with E-state index in [-0.39, 0.29) is 6.54 Å². The number of hydrogen-bond donors (Lipinski definition) is 3. The van der Waals surface area contributed by atoms with Crippen LogP contribution in [0, 0.1) is 0 Å². The summed E-state index contributed by atoms with van der Waals surface area (Å²) in [7, 11) is 0. The molecule has 0 saturated heterocycles. The van der Waals surface area contributed by atoms with Crippen LogP contribution in [-0.2, 0) is 9.59 Å². The number of rotatable bonds is 6. The molecule has 0 saturated carbocycles. The lowest BCUT2D eigenvalue weighted by molar-refractivity contribution is -0.136. The fourth-order valence-corrected chi connectivity index (χ4v) is 2.17. The Hall–Kier alpha value is -2.60. The monoisotopic (exact) mass is 330 g/mol. The molecule has 0 aliphatic heterocycles. The number of aliphatic hydroxyl groups excluding tert-OH is 1. The maximum Gasteiger partial charge on any atom is 0.313 e. The molecule has 1 heterocycles. The van der Waals surface area contributed by atoms with Crippen molar-refractivity contribution < 1.29 is 19.1 Å². The molecule has 6 heteroatoms. The van der Waals surface area contributed by atoms with Gasteiger partial charge in [-0.1, -0.05) is 26.0 Å². The standard InChI is InChI=1S/C18H22N2O4/c1-12(2)13-3-5-15(6-4-13)20-18(23)17(22)19-9-7-16(21)14-8-10-24-11-14/h3-6,8,10-12,16,21H,7,9H2,1-2H3,(H,19,22)(H,20,23). The first-order valence-electron chi connectivity index (χ1n) is 7.86. The molecule has 2 rings (SSSR count). The maximum atomic E-state index is 11.8. The van der Waals surface area contributed by atoms with E-state index in [1.54, 1.807) is 18.2 Å². The molecule has 0 fully saturated rings. The van der Waals surface area contributed by atoms with Crippen molar-refractivity contribution >= 4 is 17.5 Å². The van der Waals surface area contributed by atoms with E-state index in [0.717, 1.165) is 5.56 Å². The van der Waals surface area contributed by atoms with Crippen LogP contribution in [0.4, 0.5) is 5.69 Å². The Balaban J connectivity index is 1.76. The Kier molecular flexibility index (Phi) is 6.14. The van der Waals surface area contributed by atoms with Crippen molar-refractivity contribution in [1.29, 1.82) is 0 Å². The largest absolute Gasteiger partial charge is 0.472 e. The predicted octanol–water partition coefficient (Wildman–Crippen LogP) is 2.58. The van der Waals surface area contributed by atoms with Crippen LogP contribution in [0.3, 0.4) is 0 Å². The molecular weight excluding hydrogens is 308 g/mol. The van der Waals surface area contributed by atoms with Crippen LogP contribution >= 0.6 is 0 Å². The number of carbonyl (C=O) groups excluding carboxylic acids is 2. The molecule has 128 valence electrons. The zero-order valence-electron chi connectivity index (χ0n) is 13.8. The number of aliphatic hydroxyl groups is 1. The fraction of sp³-hybridized carbons (Fsp3) is 0.333. The summed E-state index contributed by atoms with van der Waals surface area (Å²) in [4.78, 5) is 23.6. The first kappa shape index (κ1) is 17.7. The summed E-state index contributed by atoms with van der Waals surface area (Å²) in [6, 6.07) is 9.02. The Labute approximate surface area is 140 Å². The van der Waals surface area contributed by atoms with Crippen LogP contribution in [0.5, 0.6) is 0 Å². The van der Waals surface area contributed by atoms with Gasteiger partial charge in [-0.25, -0.2) is 0 Å². The van der Waals surface area contributed by atoms with Crippen molar-refractivity contribution in [3.8, 4) is 0 Å². The van der Waals surface area contributed by atoms with Gasteiger partial charge in [-0.15, -0.1) is 0 Å². The van der Waals surface area contributed by atoms with Crippen LogP contribution < -0.4 is 10.6 Å². The van der Waals surface area contributed by atoms with Gasteiger partial charge in [0.2, 0.25) is 0 Å². The number of hydrogen-bond acceptors (Lipinski definition) is 4. The molecule has 0 aliphatic rings. The van der Waals surface area contributed by atoms with E-state index in [9.17, 15) is 14.7 Å². The van der Waals surface area contributed by atoms with Gasteiger partial charge in [-0.05, 0) is 36.1 Å². The highest BCUT2D eigenvalue weighted by Crippen LogP contribution is 2.17. The van der Waals surface area contributed by atoms with Crippen molar-refractivity contribution in [2.75, 3.05) is 11.9 Å². The highest BCUT2D eigenvalue weighted by molar-refractivity contribution is 6.39. The summed E-state index contributed by atoms with van der Waals surface area (Å²) in [5.41, 5.74) is 2.36. The third-order valence-electron chi connectivity index (χ3n) is 3.67. The zero-order valence-corrected chi connectivity index (χ0v) is 13.8. The quantitative estimate of drug-likeness (QED) is 0.710. The van der Waals surface area contributed by atoms with Gasteiger partial charge in [0.1, 0.15) is 0 Å². The second kappa shape index (κ2) is 8.31. The van der Waals surface area contributed by atoms with E-state index in [1.807, 2.05) is 12.1 Å². The molecule has 2 aromatic rings. The number of anilines is 1. The summed E-state index contributed by atoms with van der Waals surface area (Å²) >= 11 is 0. The van der Waals surface area contributed by atoms with Gasteiger partial charge >= 0.3 is 11.8 Å². The number of carbonyl (C=O) groups is 2. The minimum atomic E-state index is -0.740. The Bertz CT molecular complexity index is 663. The molecule has 3 N–H and O–H groups in total. The lowest BCUT2D eigenvalue weighted by Gasteiger charge is -2.10. The molecular formula is C18H22N2O4. The van der Waals surface area contributed by atoms with Crippen LogP contribution in [-0.4, -0.2) is 23.5 Å². The Morgan fingerprint density at radius 1 is 1.08 bits per heavy atom. The topological polar surface area (TPSA) is 91.6 Å². The average molecular weight is 330 g/mol. The molecule has 0 radical (unpaired) electrons. The van der Waals surface area contributed by atoms with E-state index in [2.05, 4.69) is 24.5 Å². The second-order valence-corrected chi connectivity index (χ2v) is 5.85. The van der Waals surface area contributed by atoms with Crippen molar-refractivity contribution in [3.05, 3.63) is 54.0 Å². The molecule has 0 spiro atoms. The third kappa shape index (κ3) is 4.96. The average Bonchev–Trinajstić information content (AvgIpc) is 3.09. The molecule has 6 nitrogen and oxygen atoms in total. The van der Waals surface area contributed by atoms with Crippen LogP contribution in [0.15, 0.2) is 47.3 Å². The van der Waals surface area contributed by atoms with Gasteiger partial charge in [-0.3, -0.25) is 9.59 Å². The van der Waals surface area contributed by atoms with Gasteiger partial charge in [0.05, 0.1) is 18.6 Å². The highest BCUT2D eigenvalue weighted by Gasteiger charge is 2.15. The first-order chi connectivity index (χ1) is 11.5. The first-order valence-corrected chi connectivity index (χ1v) is 7.86. The summed E-state index contributed by atoms with van der Waals surface area (Å²) in [6.07, 6.45) is 2.47. The number of nitrogens with one attached hydrogen (secondary N) is 2. The summed E-state index contributed by atoms with van der Waals surface area (Å²) in [5, 5.41) is 14.9. The normalized spacial score (nSPS) is 12.0. The minimum absolute atomic E-state index is 0.185. The number of amides is 2. The molecule has 1 atom stereocenters. The lowest BCUT2D eigenvalue weighted by Crippen LogP contribution is -2.36. The van der Waals surface area contributed by atoms with Crippen LogP contribution in [0.2, 0.25) is 0 Å². The van der Waals surface area contributed by atoms with E-state index in [0.29, 0.717) is 23.6 Å². The predicted molar refractivity (Wildman–Crippen MR) is 90.5 cm³/mol. The van der Waals surface area contributed by atoms with Gasteiger partial charge in [0.25, 0.3) is 0 Å². The van der Waals surface area contributed by atoms with Gasteiger partial charge in [-0.2, -0.15) is 0 Å². The third-order valence-corrected chi connectivity index (χ3v) is 3.67. The summed E-state index contributed by atoms with van der Waals surface area (Å²) < 4.78 is 4.88. The lowest BCUT2D eigenvalue weighted by atomic mass is 10.0. The zero-order chi connectivity index (χ0) is 17.5. The van der Waals surface area contributed by atoms with Crippen LogP contribution in [0.25, 0.3) is 0 Å². The molecule has 2 amide bonds. The molecule has 1 aromatic heterocycles. The van der Waals surface area contributed by atoms with Crippen molar-refractivity contribution in [2.45, 2.75) is 32.3 Å². The van der Waals surface area contributed by atoms with E-state index in [4.69, 9.17) is 4.42 Å². The molecule has 0 aliphatic carbocycles. The smallest absolute Gasteiger partial charge is 0.313 e. The van der Waals surface area contributed by atoms with Crippen molar-refractivity contribution in [3.63, 3.8) is 0 Å². The van der Waals surface area contributed by atoms with E-state index in [1.165, 1.54) is 12.5 Å². The SMILES string of the molecule is CC(C)c1ccc(NC(=O)C(=O)NCCC(O)c2ccoc2)cc1. The Morgan fingerprint density at radius 2 is 1.79 bits per heavy atom. The minimum Gasteiger partial charge on any atom is -0.472 e. The molecule has 1 unspecified atom stereocenters. The van der Waals surface area contributed by atoms with E-state index < -0.39 is 17.9 Å². The van der Waals surface area contributed by atoms with Gasteiger partial charge in [0, 0.05) is 17.8 Å². The maximum absolute atomic E-state index is 11.8. The van der Waals surface area contributed by atoms with Gasteiger partial charge in [0.15, 0.2) is 0 Å². The van der Waals surface area contributed by atoms with Crippen molar-refractivity contribution in [2.24, 2.45) is 0 Å². The summed E-state index contributed by atoms with van der Waals surface area (Å²) in [6.45, 7) is 4.35. The number of benzene rings is 1. The van der Waals surface area contributed by atoms with Crippen LogP contribution in [0.1, 0.15) is 43.4 Å². The summed E-state index contributed by atoms with van der Waals surface area (Å²) in [5.74, 6) is -1.06. The van der Waals surface area contributed by atoms with E-state index >= 15 is 0 Å². The Morgan fingerprint density at radius 3 is 2.38 bits per heavy atom. The molecule has 24 heavy (non-hydrogen) atoms. The molecule has 0 bridgehead atoms. The number of furan rings is 1. The van der Waals surface area contributed by atoms with Crippen molar-refractivity contribution in [1.82, 2.24) is 5.32 Å². The highest BCUT2D eigenvalue weighted by atomic mass is 16.3. The fourth-order valence-electron chi connectivity index (χ4n) is 2.17. The second-order valence-electron chi connectivity index (χ2n) is 5.85. The molecule has 1 aromatic carbocycles. The van der Waals surface area contributed by atoms with Gasteiger partial charge < -0.3 is 20.2 Å².